The largest absolute Gasteiger partial charge is 0.337 e. The third-order valence-corrected chi connectivity index (χ3v) is 8.43. The number of nitrogens with zero attached hydrogens (tertiary/aromatic N) is 3. The summed E-state index contributed by atoms with van der Waals surface area (Å²) in [5.41, 5.74) is 1.56. The number of rotatable bonds is 5. The Morgan fingerprint density at radius 3 is 2.36 bits per heavy atom. The summed E-state index contributed by atoms with van der Waals surface area (Å²) in [4.78, 5) is 17.4. The van der Waals surface area contributed by atoms with Crippen LogP contribution in [-0.2, 0) is 16.6 Å². The number of amides is 1. The monoisotopic (exact) mass is 473 g/mol. The molecule has 4 rings (SSSR count). The van der Waals surface area contributed by atoms with E-state index in [1.54, 1.807) is 40.7 Å². The Kier molecular flexibility index (Phi) is 7.46. The summed E-state index contributed by atoms with van der Waals surface area (Å²) < 4.78 is 40.6. The second-order valence-electron chi connectivity index (χ2n) is 9.18. The highest BCUT2D eigenvalue weighted by molar-refractivity contribution is 7.89. The van der Waals surface area contributed by atoms with Gasteiger partial charge in [0.2, 0.25) is 10.0 Å². The van der Waals surface area contributed by atoms with Gasteiger partial charge < -0.3 is 4.90 Å². The molecule has 2 heterocycles. The molecule has 8 heteroatoms. The number of sulfonamides is 1. The molecule has 0 bridgehead atoms. The molecule has 0 N–H and O–H groups in total. The fourth-order valence-corrected chi connectivity index (χ4v) is 6.24. The topological polar surface area (TPSA) is 60.9 Å². The summed E-state index contributed by atoms with van der Waals surface area (Å²) in [5.74, 6) is 0.0462. The van der Waals surface area contributed by atoms with Gasteiger partial charge in [0.15, 0.2) is 0 Å². The summed E-state index contributed by atoms with van der Waals surface area (Å²) in [5, 5.41) is 0. The summed E-state index contributed by atoms with van der Waals surface area (Å²) >= 11 is 0. The van der Waals surface area contributed by atoms with E-state index >= 15 is 0 Å². The molecule has 2 fully saturated rings. The van der Waals surface area contributed by atoms with Gasteiger partial charge in [-0.15, -0.1) is 0 Å². The van der Waals surface area contributed by atoms with Gasteiger partial charge >= 0.3 is 0 Å². The molecule has 178 valence electrons. The fraction of sp³-hybridized carbons (Fsp3) is 0.480. The lowest BCUT2D eigenvalue weighted by Gasteiger charge is -2.30. The Hall–Kier alpha value is -2.29. The molecular formula is C25H32FN3O3S. The van der Waals surface area contributed by atoms with Crippen molar-refractivity contribution in [1.82, 2.24) is 14.1 Å². The molecule has 0 aliphatic carbocycles. The molecule has 2 aliphatic rings. The zero-order valence-corrected chi connectivity index (χ0v) is 19.9. The average Bonchev–Trinajstić information content (AvgIpc) is 3.06. The van der Waals surface area contributed by atoms with Crippen molar-refractivity contribution in [3.63, 3.8) is 0 Å². The zero-order valence-electron chi connectivity index (χ0n) is 19.1. The van der Waals surface area contributed by atoms with E-state index in [1.165, 1.54) is 12.1 Å². The minimum absolute atomic E-state index is 0.0748. The maximum Gasteiger partial charge on any atom is 0.253 e. The first-order valence-corrected chi connectivity index (χ1v) is 13.1. The molecule has 1 atom stereocenters. The highest BCUT2D eigenvalue weighted by Crippen LogP contribution is 2.24. The SMILES string of the molecule is C[C@H]1CCCN(S(=O)(=O)c2ccc(C(=O)N3CCCN(Cc4ccc(F)cc4)CC3)cc2)C1. The van der Waals surface area contributed by atoms with Gasteiger partial charge in [-0.25, -0.2) is 12.8 Å². The predicted molar refractivity (Wildman–Crippen MR) is 126 cm³/mol. The summed E-state index contributed by atoms with van der Waals surface area (Å²) in [6, 6.07) is 12.9. The number of carbonyl (C=O) groups is 1. The predicted octanol–water partition coefficient (Wildman–Crippen LogP) is 3.59. The first kappa shape index (κ1) is 23.9. The molecule has 2 aliphatic heterocycles. The zero-order chi connectivity index (χ0) is 23.4. The van der Waals surface area contributed by atoms with E-state index in [9.17, 15) is 17.6 Å². The number of hydrogen-bond acceptors (Lipinski definition) is 4. The number of halogens is 1. The van der Waals surface area contributed by atoms with Crippen LogP contribution < -0.4 is 0 Å². The average molecular weight is 474 g/mol. The van der Waals surface area contributed by atoms with Crippen LogP contribution in [0.1, 0.15) is 42.1 Å². The molecule has 0 aromatic heterocycles. The molecule has 0 unspecified atom stereocenters. The van der Waals surface area contributed by atoms with Crippen LogP contribution in [-0.4, -0.2) is 67.7 Å². The molecule has 0 saturated carbocycles. The maximum atomic E-state index is 13.1. The Morgan fingerprint density at radius 2 is 1.67 bits per heavy atom. The van der Waals surface area contributed by atoms with Gasteiger partial charge in [0.1, 0.15) is 5.82 Å². The highest BCUT2D eigenvalue weighted by Gasteiger charge is 2.29. The van der Waals surface area contributed by atoms with Gasteiger partial charge in [-0.3, -0.25) is 9.69 Å². The molecule has 2 aromatic carbocycles. The third-order valence-electron chi connectivity index (χ3n) is 6.55. The third kappa shape index (κ3) is 5.80. The second kappa shape index (κ2) is 10.3. The fourth-order valence-electron chi connectivity index (χ4n) is 4.65. The van der Waals surface area contributed by atoms with Gasteiger partial charge in [0.25, 0.3) is 5.91 Å². The van der Waals surface area contributed by atoms with Crippen molar-refractivity contribution in [1.29, 1.82) is 0 Å². The van der Waals surface area contributed by atoms with E-state index in [4.69, 9.17) is 0 Å². The Labute approximate surface area is 196 Å². The molecule has 2 saturated heterocycles. The molecule has 6 nitrogen and oxygen atoms in total. The van der Waals surface area contributed by atoms with Crippen molar-refractivity contribution in [3.8, 4) is 0 Å². The van der Waals surface area contributed by atoms with Crippen LogP contribution in [0, 0.1) is 11.7 Å². The minimum Gasteiger partial charge on any atom is -0.337 e. The van der Waals surface area contributed by atoms with Gasteiger partial charge in [0.05, 0.1) is 4.90 Å². The van der Waals surface area contributed by atoms with Crippen LogP contribution in [0.2, 0.25) is 0 Å². The highest BCUT2D eigenvalue weighted by atomic mass is 32.2. The maximum absolute atomic E-state index is 13.1. The van der Waals surface area contributed by atoms with Crippen molar-refractivity contribution >= 4 is 15.9 Å². The lowest BCUT2D eigenvalue weighted by atomic mass is 10.0. The minimum atomic E-state index is -3.53. The van der Waals surface area contributed by atoms with E-state index in [-0.39, 0.29) is 16.6 Å². The summed E-state index contributed by atoms with van der Waals surface area (Å²) in [6.07, 6.45) is 2.78. The summed E-state index contributed by atoms with van der Waals surface area (Å²) in [7, 11) is -3.53. The number of benzene rings is 2. The molecule has 2 aromatic rings. The lowest BCUT2D eigenvalue weighted by Crippen LogP contribution is -2.39. The Balaban J connectivity index is 1.37. The van der Waals surface area contributed by atoms with Crippen LogP contribution in [0.3, 0.4) is 0 Å². The first-order valence-electron chi connectivity index (χ1n) is 11.7. The smallest absolute Gasteiger partial charge is 0.253 e. The van der Waals surface area contributed by atoms with Crippen LogP contribution in [0.5, 0.6) is 0 Å². The van der Waals surface area contributed by atoms with Crippen molar-refractivity contribution in [3.05, 3.63) is 65.5 Å². The van der Waals surface area contributed by atoms with Crippen molar-refractivity contribution in [2.75, 3.05) is 39.3 Å². The van der Waals surface area contributed by atoms with Crippen molar-refractivity contribution in [2.24, 2.45) is 5.92 Å². The second-order valence-corrected chi connectivity index (χ2v) is 11.1. The van der Waals surface area contributed by atoms with Crippen LogP contribution in [0.15, 0.2) is 53.4 Å². The van der Waals surface area contributed by atoms with Crippen LogP contribution in [0.4, 0.5) is 4.39 Å². The van der Waals surface area contributed by atoms with Gasteiger partial charge in [-0.1, -0.05) is 19.1 Å². The van der Waals surface area contributed by atoms with Crippen molar-refractivity contribution in [2.45, 2.75) is 37.6 Å². The standard InChI is InChI=1S/C25H32FN3O3S/c1-20-4-2-15-29(18-20)33(31,32)24-11-7-22(8-12-24)25(30)28-14-3-13-27(16-17-28)19-21-5-9-23(26)10-6-21/h5-12,20H,2-4,13-19H2,1H3/t20-/m0/s1. The Bertz CT molecular complexity index is 1060. The van der Waals surface area contributed by atoms with E-state index in [0.29, 0.717) is 37.7 Å². The quantitative estimate of drug-likeness (QED) is 0.666. The van der Waals surface area contributed by atoms with Crippen molar-refractivity contribution < 1.29 is 17.6 Å². The van der Waals surface area contributed by atoms with E-state index < -0.39 is 10.0 Å². The number of carbonyl (C=O) groups excluding carboxylic acids is 1. The van der Waals surface area contributed by atoms with Gasteiger partial charge in [-0.2, -0.15) is 4.31 Å². The number of piperidine rings is 1. The van der Waals surface area contributed by atoms with Crippen LogP contribution >= 0.6 is 0 Å². The lowest BCUT2D eigenvalue weighted by molar-refractivity contribution is 0.0761. The molecular weight excluding hydrogens is 441 g/mol. The Morgan fingerprint density at radius 1 is 0.939 bits per heavy atom. The molecule has 0 radical (unpaired) electrons. The van der Waals surface area contributed by atoms with E-state index in [0.717, 1.165) is 44.5 Å². The first-order chi connectivity index (χ1) is 15.8. The molecule has 0 spiro atoms. The van der Waals surface area contributed by atoms with Gasteiger partial charge in [0, 0.05) is 51.4 Å². The van der Waals surface area contributed by atoms with E-state index in [2.05, 4.69) is 11.8 Å². The van der Waals surface area contributed by atoms with Crippen LogP contribution in [0.25, 0.3) is 0 Å². The molecule has 1 amide bonds. The number of hydrogen-bond donors (Lipinski definition) is 0. The summed E-state index contributed by atoms with van der Waals surface area (Å²) in [6.45, 7) is 6.77. The van der Waals surface area contributed by atoms with E-state index in [1.807, 2.05) is 4.90 Å². The van der Waals surface area contributed by atoms with Gasteiger partial charge in [-0.05, 0) is 67.1 Å². The normalized spacial score (nSPS) is 21.0. The molecule has 33 heavy (non-hydrogen) atoms.